The Morgan fingerprint density at radius 3 is 2.85 bits per heavy atom. The van der Waals surface area contributed by atoms with Crippen LogP contribution in [0.1, 0.15) is 33.5 Å². The average molecular weight is 369 g/mol. The molecule has 1 amide bonds. The number of rotatable bonds is 6. The molecule has 1 unspecified atom stereocenters. The van der Waals surface area contributed by atoms with Gasteiger partial charge in [0.25, 0.3) is 5.91 Å². The summed E-state index contributed by atoms with van der Waals surface area (Å²) in [5, 5.41) is 3.22. The van der Waals surface area contributed by atoms with E-state index in [1.165, 1.54) is 21.6 Å². The average Bonchev–Trinajstić information content (AvgIpc) is 3.09. The van der Waals surface area contributed by atoms with Crippen LogP contribution in [0.25, 0.3) is 0 Å². The van der Waals surface area contributed by atoms with Gasteiger partial charge in [-0.1, -0.05) is 29.8 Å². The molecule has 0 aromatic heterocycles. The van der Waals surface area contributed by atoms with Crippen LogP contribution < -0.4 is 5.32 Å². The zero-order valence-corrected chi connectivity index (χ0v) is 16.7. The fraction of sp³-hybridized carbons (Fsp3) is 0.409. The highest BCUT2D eigenvalue weighted by atomic mass is 32.2. The zero-order chi connectivity index (χ0) is 18.5. The van der Waals surface area contributed by atoms with Crippen LogP contribution in [-0.4, -0.2) is 37.5 Å². The van der Waals surface area contributed by atoms with Crippen molar-refractivity contribution in [3.8, 4) is 0 Å². The van der Waals surface area contributed by atoms with E-state index in [1.807, 2.05) is 35.8 Å². The Labute approximate surface area is 161 Å². The molecule has 0 saturated carbocycles. The van der Waals surface area contributed by atoms with Crippen molar-refractivity contribution in [3.63, 3.8) is 0 Å². The second-order valence-corrected chi connectivity index (χ2v) is 8.24. The summed E-state index contributed by atoms with van der Waals surface area (Å²) in [6, 6.07) is 14.7. The quantitative estimate of drug-likeness (QED) is 0.773. The molecule has 2 aromatic rings. The van der Waals surface area contributed by atoms with Crippen LogP contribution in [0.3, 0.4) is 0 Å². The number of likely N-dealkylation sites (tertiary alicyclic amines) is 1. The van der Waals surface area contributed by atoms with Crippen molar-refractivity contribution in [3.05, 3.63) is 64.7 Å². The van der Waals surface area contributed by atoms with Crippen molar-refractivity contribution in [2.24, 2.45) is 5.92 Å². The Bertz CT molecular complexity index is 774. The molecule has 1 aliphatic rings. The van der Waals surface area contributed by atoms with Gasteiger partial charge in [0.15, 0.2) is 0 Å². The Balaban J connectivity index is 1.63. The van der Waals surface area contributed by atoms with E-state index in [9.17, 15) is 4.79 Å². The highest BCUT2D eigenvalue weighted by Crippen LogP contribution is 2.27. The highest BCUT2D eigenvalue weighted by molar-refractivity contribution is 7.98. The molecule has 0 radical (unpaired) electrons. The summed E-state index contributed by atoms with van der Waals surface area (Å²) in [6.07, 6.45) is 1.09. The molecular weight excluding hydrogens is 340 g/mol. The molecule has 1 heterocycles. The number of thioether (sulfide) groups is 1. The smallest absolute Gasteiger partial charge is 0.253 e. The molecule has 138 valence electrons. The van der Waals surface area contributed by atoms with Crippen LogP contribution in [0, 0.1) is 19.8 Å². The Morgan fingerprint density at radius 1 is 1.23 bits per heavy atom. The molecular formula is C22H28N2OS. The van der Waals surface area contributed by atoms with E-state index >= 15 is 0 Å². The molecule has 0 bridgehead atoms. The van der Waals surface area contributed by atoms with Crippen LogP contribution in [0.2, 0.25) is 0 Å². The number of carbonyl (C=O) groups excluding carboxylic acids is 1. The maximum atomic E-state index is 12.8. The minimum Gasteiger partial charge on any atom is -0.338 e. The minimum atomic E-state index is 0.168. The van der Waals surface area contributed by atoms with Gasteiger partial charge in [-0.25, -0.2) is 0 Å². The van der Waals surface area contributed by atoms with Gasteiger partial charge < -0.3 is 10.2 Å². The normalized spacial score (nSPS) is 16.9. The first-order chi connectivity index (χ1) is 12.6. The molecule has 2 aromatic carbocycles. The van der Waals surface area contributed by atoms with Crippen LogP contribution in [-0.2, 0) is 5.75 Å². The molecule has 1 N–H and O–H groups in total. The Morgan fingerprint density at radius 2 is 2.08 bits per heavy atom. The number of amides is 1. The van der Waals surface area contributed by atoms with Gasteiger partial charge in [0, 0.05) is 29.3 Å². The Hall–Kier alpha value is -1.78. The fourth-order valence-corrected chi connectivity index (χ4v) is 4.52. The van der Waals surface area contributed by atoms with E-state index < -0.39 is 0 Å². The fourth-order valence-electron chi connectivity index (χ4n) is 3.57. The van der Waals surface area contributed by atoms with E-state index in [-0.39, 0.29) is 5.91 Å². The number of carbonyl (C=O) groups is 1. The highest BCUT2D eigenvalue weighted by Gasteiger charge is 2.26. The third kappa shape index (κ3) is 4.68. The van der Waals surface area contributed by atoms with E-state index in [2.05, 4.69) is 49.5 Å². The van der Waals surface area contributed by atoms with E-state index in [4.69, 9.17) is 0 Å². The monoisotopic (exact) mass is 368 g/mol. The topological polar surface area (TPSA) is 32.3 Å². The number of hydrogen-bond acceptors (Lipinski definition) is 3. The molecule has 3 nitrogen and oxygen atoms in total. The maximum Gasteiger partial charge on any atom is 0.253 e. The van der Waals surface area contributed by atoms with Crippen LogP contribution >= 0.6 is 11.8 Å². The largest absolute Gasteiger partial charge is 0.338 e. The maximum absolute atomic E-state index is 12.8. The van der Waals surface area contributed by atoms with Crippen molar-refractivity contribution in [1.82, 2.24) is 10.2 Å². The first-order valence-electron chi connectivity index (χ1n) is 9.29. The summed E-state index contributed by atoms with van der Waals surface area (Å²) in [6.45, 7) is 6.99. The van der Waals surface area contributed by atoms with E-state index in [0.29, 0.717) is 5.92 Å². The van der Waals surface area contributed by atoms with Crippen LogP contribution in [0.15, 0.2) is 47.4 Å². The van der Waals surface area contributed by atoms with Gasteiger partial charge >= 0.3 is 0 Å². The SMILES string of the molecule is CNCC1CCN(C(=O)c2cccc(CSc3ccc(C)cc3C)c2)C1. The van der Waals surface area contributed by atoms with Gasteiger partial charge in [0.1, 0.15) is 0 Å². The van der Waals surface area contributed by atoms with Crippen LogP contribution in [0.5, 0.6) is 0 Å². The second kappa shape index (κ2) is 8.74. The molecule has 1 aliphatic heterocycles. The minimum absolute atomic E-state index is 0.168. The third-order valence-corrected chi connectivity index (χ3v) is 6.21. The molecule has 0 aliphatic carbocycles. The predicted molar refractivity (Wildman–Crippen MR) is 110 cm³/mol. The first-order valence-corrected chi connectivity index (χ1v) is 10.3. The summed E-state index contributed by atoms with van der Waals surface area (Å²) in [7, 11) is 1.97. The summed E-state index contributed by atoms with van der Waals surface area (Å²) in [5.41, 5.74) is 4.62. The number of hydrogen-bond donors (Lipinski definition) is 1. The lowest BCUT2D eigenvalue weighted by atomic mass is 10.1. The molecule has 1 saturated heterocycles. The van der Waals surface area contributed by atoms with Gasteiger partial charge in [0.2, 0.25) is 0 Å². The molecule has 4 heteroatoms. The number of benzene rings is 2. The lowest BCUT2D eigenvalue weighted by molar-refractivity contribution is 0.0787. The summed E-state index contributed by atoms with van der Waals surface area (Å²) in [5.74, 6) is 1.63. The van der Waals surface area contributed by atoms with Crippen molar-refractivity contribution in [2.45, 2.75) is 30.9 Å². The molecule has 26 heavy (non-hydrogen) atoms. The first kappa shape index (κ1) is 19.0. The molecule has 1 atom stereocenters. The third-order valence-electron chi connectivity index (χ3n) is 4.96. The predicted octanol–water partition coefficient (Wildman–Crippen LogP) is 4.28. The summed E-state index contributed by atoms with van der Waals surface area (Å²) >= 11 is 1.84. The summed E-state index contributed by atoms with van der Waals surface area (Å²) in [4.78, 5) is 16.1. The molecule has 3 rings (SSSR count). The van der Waals surface area contributed by atoms with Gasteiger partial charge in [-0.05, 0) is 69.1 Å². The standard InChI is InChI=1S/C22H28N2OS/c1-16-7-8-21(17(2)11-16)26-15-18-5-4-6-20(12-18)22(25)24-10-9-19(14-24)13-23-3/h4-8,11-12,19,23H,9-10,13-15H2,1-3H3. The van der Waals surface area contributed by atoms with Crippen molar-refractivity contribution in [2.75, 3.05) is 26.7 Å². The second-order valence-electron chi connectivity index (χ2n) is 7.22. The lowest BCUT2D eigenvalue weighted by Crippen LogP contribution is -2.30. The lowest BCUT2D eigenvalue weighted by Gasteiger charge is -2.17. The van der Waals surface area contributed by atoms with Crippen molar-refractivity contribution in [1.29, 1.82) is 0 Å². The molecule has 0 spiro atoms. The van der Waals surface area contributed by atoms with E-state index in [1.54, 1.807) is 0 Å². The van der Waals surface area contributed by atoms with Gasteiger partial charge in [-0.3, -0.25) is 4.79 Å². The van der Waals surface area contributed by atoms with Crippen LogP contribution in [0.4, 0.5) is 0 Å². The summed E-state index contributed by atoms with van der Waals surface area (Å²) < 4.78 is 0. The van der Waals surface area contributed by atoms with Crippen molar-refractivity contribution < 1.29 is 4.79 Å². The van der Waals surface area contributed by atoms with E-state index in [0.717, 1.165) is 37.4 Å². The zero-order valence-electron chi connectivity index (χ0n) is 15.9. The van der Waals surface area contributed by atoms with Gasteiger partial charge in [-0.2, -0.15) is 0 Å². The van der Waals surface area contributed by atoms with Crippen molar-refractivity contribution >= 4 is 17.7 Å². The number of aryl methyl sites for hydroxylation is 2. The Kier molecular flexibility index (Phi) is 6.38. The van der Waals surface area contributed by atoms with Gasteiger partial charge in [0.05, 0.1) is 0 Å². The number of nitrogens with one attached hydrogen (secondary N) is 1. The number of nitrogens with zero attached hydrogens (tertiary/aromatic N) is 1. The van der Waals surface area contributed by atoms with Gasteiger partial charge in [-0.15, -0.1) is 11.8 Å². The molecule has 1 fully saturated rings.